The fourth-order valence-electron chi connectivity index (χ4n) is 19.1. The lowest BCUT2D eigenvalue weighted by atomic mass is 9.88. The van der Waals surface area contributed by atoms with Gasteiger partial charge in [0.2, 0.25) is 23.6 Å². The van der Waals surface area contributed by atoms with Crippen molar-refractivity contribution in [1.29, 1.82) is 0 Å². The molecule has 0 spiro atoms. The minimum absolute atomic E-state index is 0.139. The monoisotopic (exact) mass is 2040 g/mol. The number of carboxylic acid groups (broad SMARTS) is 1. The maximum atomic E-state index is 14.1. The number of rotatable bonds is 68. The Balaban J connectivity index is 1.05. The number of amides is 4. The maximum absolute atomic E-state index is 14.1. The van der Waals surface area contributed by atoms with Crippen molar-refractivity contribution in [3.8, 4) is 0 Å². The van der Waals surface area contributed by atoms with E-state index in [1.807, 2.05) is 6.08 Å². The Labute approximate surface area is 824 Å². The zero-order valence-electron chi connectivity index (χ0n) is 82.1. The van der Waals surface area contributed by atoms with Crippen LogP contribution in [0.15, 0.2) is 12.2 Å². The number of carbonyl (C=O) groups is 5. The molecule has 38 atom stereocenters. The molecule has 0 aromatic carbocycles. The van der Waals surface area contributed by atoms with E-state index in [0.717, 1.165) is 71.6 Å². The molecule has 0 bridgehead atoms. The van der Waals surface area contributed by atoms with Crippen LogP contribution in [0.5, 0.6) is 0 Å². The normalized spacial score (nSPS) is 35.7. The molecule has 27 N–H and O–H groups in total. The summed E-state index contributed by atoms with van der Waals surface area (Å²) >= 11 is 0. The van der Waals surface area contributed by atoms with E-state index >= 15 is 0 Å². The van der Waals surface area contributed by atoms with Gasteiger partial charge in [0.05, 0.1) is 77.1 Å². The van der Waals surface area contributed by atoms with Gasteiger partial charge < -0.3 is 205 Å². The largest absolute Gasteiger partial charge is 0.477 e. The number of aliphatic carboxylic acids is 1. The average molecular weight is 2040 g/mol. The predicted molar refractivity (Wildman–Crippen MR) is 494 cm³/mol. The molecule has 7 rings (SSSR count). The number of carbonyl (C=O) groups excluding carboxylic acids is 4. The summed E-state index contributed by atoms with van der Waals surface area (Å²) in [5.74, 6) is -9.55. The number of hydrogen-bond donors (Lipinski definition) is 27. The fourth-order valence-corrected chi connectivity index (χ4v) is 19.1. The van der Waals surface area contributed by atoms with Crippen molar-refractivity contribution in [2.45, 2.75) is 498 Å². The summed E-state index contributed by atoms with van der Waals surface area (Å²) in [6, 6.07) is -7.22. The van der Waals surface area contributed by atoms with Crippen LogP contribution in [0.3, 0.4) is 0 Å². The van der Waals surface area contributed by atoms with Gasteiger partial charge in [-0.15, -0.1) is 0 Å². The van der Waals surface area contributed by atoms with E-state index in [-0.39, 0.29) is 12.3 Å². The molecule has 7 heterocycles. The smallest absolute Gasteiger partial charge is 0.364 e. The second-order valence-electron chi connectivity index (χ2n) is 38.5. The molecule has 4 amide bonds. The standard InChI is InChI=1S/C95H170N4O42/c1-5-7-9-11-13-15-17-19-20-21-22-23-24-25-26-27-28-30-32-34-36-38-40-42-65(113)98-55(56(110)41-39-37-35-33-31-29-18-16-14-12-10-8-6-2)52-128-90-78(123)75(120)82(62(48-104)132-90)136-92-79(124)76(121)81(63(49-105)133-92)135-88-68(96-53(3)108)85(73(118)60(46-102)129-88)139-93-80(125)87(141-95(94(126)127)43-57(111)67(99-66(114)51-107)86(140-95)70(115)58(112)44-100)83(64(50-106)134-93)137-89-69(97-54(4)109)84(72(117)61(47-103)130-89)138-91-77(122)74(119)71(116)59(45-101)131-91/h39,41,55-64,67-93,100-107,110-112,115-125H,5-38,40,42-52H2,1-4H3,(H,96,108)(H,97,109)(H,98,113)(H,99,114)(H,126,127)/b41-39+/t55-,56+,57?,58+,59?,60?,61?,62?,63?,64?,67+,68?,69?,70+,71-,72-,73-,74-,75+,76+,77?,78?,79?,80?,81-,82+,83-,84+,85+,86?,87+,88-,89-,90+,91-,92-,93-,95-/m0/s1. The topological polar surface area (TPSA) is 728 Å². The molecule has 0 saturated carbocycles. The molecule has 141 heavy (non-hydrogen) atoms. The number of allylic oxidation sites excluding steroid dienone is 1. The third-order valence-corrected chi connectivity index (χ3v) is 27.3. The van der Waals surface area contributed by atoms with Crippen LogP contribution in [0.4, 0.5) is 0 Å². The molecule has 7 saturated heterocycles. The Hall–Kier alpha value is -4.35. The maximum Gasteiger partial charge on any atom is 0.364 e. The van der Waals surface area contributed by atoms with Crippen LogP contribution in [0.2, 0.25) is 0 Å². The summed E-state index contributed by atoms with van der Waals surface area (Å²) in [5.41, 5.74) is 0. The molecule has 7 fully saturated rings. The summed E-state index contributed by atoms with van der Waals surface area (Å²) in [7, 11) is 0. The number of nitrogens with one attached hydrogen (secondary N) is 4. The summed E-state index contributed by atoms with van der Waals surface area (Å²) in [4.78, 5) is 67.2. The summed E-state index contributed by atoms with van der Waals surface area (Å²) in [5, 5.41) is 268. The van der Waals surface area contributed by atoms with Gasteiger partial charge in [-0.1, -0.05) is 231 Å². The van der Waals surface area contributed by atoms with E-state index < -0.39 is 322 Å². The first-order valence-electron chi connectivity index (χ1n) is 51.3. The molecule has 0 radical (unpaired) electrons. The van der Waals surface area contributed by atoms with Crippen LogP contribution < -0.4 is 21.3 Å². The van der Waals surface area contributed by atoms with E-state index in [4.69, 9.17) is 66.3 Å². The summed E-state index contributed by atoms with van der Waals surface area (Å²) in [6.07, 6.45) is -27.7. The average Bonchev–Trinajstić information content (AvgIpc) is 0.572. The molecular weight excluding hydrogens is 1870 g/mol. The van der Waals surface area contributed by atoms with Crippen molar-refractivity contribution >= 4 is 29.6 Å². The number of ether oxygens (including phenoxy) is 14. The highest BCUT2D eigenvalue weighted by Crippen LogP contribution is 2.43. The third kappa shape index (κ3) is 37.7. The quantitative estimate of drug-likeness (QED) is 0.0211. The van der Waals surface area contributed by atoms with Crippen LogP contribution in [0.25, 0.3) is 0 Å². The lowest BCUT2D eigenvalue weighted by molar-refractivity contribution is -0.403. The Kier molecular flexibility index (Phi) is 57.5. The number of hydrogen-bond acceptors (Lipinski definition) is 41. The van der Waals surface area contributed by atoms with Gasteiger partial charge in [0.25, 0.3) is 5.79 Å². The zero-order valence-corrected chi connectivity index (χ0v) is 82.1. The van der Waals surface area contributed by atoms with Gasteiger partial charge in [-0.2, -0.15) is 0 Å². The molecule has 46 heteroatoms. The van der Waals surface area contributed by atoms with Gasteiger partial charge in [0, 0.05) is 26.7 Å². The first-order chi connectivity index (χ1) is 67.7. The van der Waals surface area contributed by atoms with Crippen LogP contribution in [0.1, 0.15) is 265 Å². The lowest BCUT2D eigenvalue weighted by Crippen LogP contribution is -2.73. The Morgan fingerprint density at radius 3 is 1.14 bits per heavy atom. The Bertz CT molecular complexity index is 3470. The molecular formula is C95H170N4O42. The second-order valence-corrected chi connectivity index (χ2v) is 38.5. The number of carboxylic acids is 1. The van der Waals surface area contributed by atoms with Crippen LogP contribution in [0, 0.1) is 0 Å². The summed E-state index contributed by atoms with van der Waals surface area (Å²) < 4.78 is 84.5. The number of aliphatic hydroxyl groups excluding tert-OH is 22. The molecule has 822 valence electrons. The van der Waals surface area contributed by atoms with Crippen molar-refractivity contribution in [2.24, 2.45) is 0 Å². The second kappa shape index (κ2) is 65.6. The van der Waals surface area contributed by atoms with Crippen molar-refractivity contribution in [3.63, 3.8) is 0 Å². The predicted octanol–water partition coefficient (Wildman–Crippen LogP) is -3.16. The highest BCUT2D eigenvalue weighted by atomic mass is 16.8. The van der Waals surface area contributed by atoms with Crippen molar-refractivity contribution < 1.29 is 208 Å². The van der Waals surface area contributed by atoms with E-state index in [1.165, 1.54) is 154 Å². The van der Waals surface area contributed by atoms with Gasteiger partial charge in [-0.05, 0) is 19.3 Å². The molecule has 0 aromatic rings. The van der Waals surface area contributed by atoms with E-state index in [0.29, 0.717) is 12.8 Å². The van der Waals surface area contributed by atoms with E-state index in [2.05, 4.69) is 35.1 Å². The van der Waals surface area contributed by atoms with E-state index in [9.17, 15) is 141 Å². The lowest BCUT2D eigenvalue weighted by Gasteiger charge is -2.53. The van der Waals surface area contributed by atoms with Crippen molar-refractivity contribution in [1.82, 2.24) is 21.3 Å². The first-order valence-corrected chi connectivity index (χ1v) is 51.3. The van der Waals surface area contributed by atoms with Gasteiger partial charge in [0.15, 0.2) is 37.7 Å². The van der Waals surface area contributed by atoms with Crippen molar-refractivity contribution in [2.75, 3.05) is 59.5 Å². The zero-order chi connectivity index (χ0) is 103. The van der Waals surface area contributed by atoms with Crippen molar-refractivity contribution in [3.05, 3.63) is 12.2 Å². The Morgan fingerprint density at radius 2 is 0.730 bits per heavy atom. The summed E-state index contributed by atoms with van der Waals surface area (Å²) in [6.45, 7) is -3.80. The van der Waals surface area contributed by atoms with Crippen LogP contribution in [-0.4, -0.2) is 439 Å². The third-order valence-electron chi connectivity index (χ3n) is 27.3. The molecule has 14 unspecified atom stereocenters. The van der Waals surface area contributed by atoms with E-state index in [1.54, 1.807) is 6.08 Å². The SMILES string of the molecule is CCCCCCCCCCCCC/C=C/[C@@H](O)[C@H](CO[C@@H]1OC(CO)[C@@H](O[C@@H]2OC(CO)[C@H](O[C@@H]3OC(CO)[C@H](O)[C@H](O[C@@H]4OC(CO)[C@H](O[C@@H]5OC(CO)[C@H](O)[C@H](O[C@@H]6OC(CO)[C@H](O)[C@H](O)C6O)C5NC(C)=O)[C@H](O[C@]5(C(=O)O)CC(O)[C@@H](NC(=O)CO)C([C@H](O)[C@H](O)CO)O5)C4O)C3NC(C)=O)[C@H](O)C2O)[C@H](O)C1O)NC(=O)CCCCCCCCCCCCCCCCCCCCCCCCC. The van der Waals surface area contributed by atoms with Gasteiger partial charge >= 0.3 is 5.97 Å². The van der Waals surface area contributed by atoms with Crippen LogP contribution in [-0.2, 0) is 90.3 Å². The van der Waals surface area contributed by atoms with Gasteiger partial charge in [-0.3, -0.25) is 19.2 Å². The first kappa shape index (κ1) is 124. The number of aliphatic hydroxyl groups is 22. The Morgan fingerprint density at radius 1 is 0.376 bits per heavy atom. The molecule has 7 aliphatic heterocycles. The molecule has 7 aliphatic rings. The molecule has 0 aromatic heterocycles. The fraction of sp³-hybridized carbons (Fsp3) is 0.926. The van der Waals surface area contributed by atoms with Gasteiger partial charge in [0.1, 0.15) is 171 Å². The highest BCUT2D eigenvalue weighted by Gasteiger charge is 2.64. The van der Waals surface area contributed by atoms with Gasteiger partial charge in [-0.25, -0.2) is 4.79 Å². The molecule has 0 aliphatic carbocycles. The minimum atomic E-state index is -3.58. The highest BCUT2D eigenvalue weighted by molar-refractivity contribution is 5.78. The molecule has 46 nitrogen and oxygen atoms in total. The minimum Gasteiger partial charge on any atom is -0.477 e. The number of unbranched alkanes of at least 4 members (excludes halogenated alkanes) is 33. The van der Waals surface area contributed by atoms with Crippen LogP contribution >= 0.6 is 0 Å².